The molecule has 1 fully saturated rings. The van der Waals surface area contributed by atoms with Crippen LogP contribution >= 0.6 is 27.5 Å². The van der Waals surface area contributed by atoms with E-state index in [0.717, 1.165) is 12.8 Å². The minimum absolute atomic E-state index is 0.0256. The third-order valence-electron chi connectivity index (χ3n) is 2.99. The average Bonchev–Trinajstić information content (AvgIpc) is 3.23. The number of hydrogen-bond acceptors (Lipinski definition) is 4. The monoisotopic (exact) mass is 395 g/mol. The molecule has 0 aliphatic heterocycles. The molecule has 1 saturated carbocycles. The summed E-state index contributed by atoms with van der Waals surface area (Å²) >= 11 is 8.96. The molecule has 2 rings (SSSR count). The molecule has 0 atom stereocenters. The van der Waals surface area contributed by atoms with E-state index in [1.54, 1.807) is 0 Å². The van der Waals surface area contributed by atoms with Gasteiger partial charge in [-0.2, -0.15) is 0 Å². The molecule has 0 saturated heterocycles. The maximum Gasteiger partial charge on any atom is 0.241 e. The minimum Gasteiger partial charge on any atom is -0.398 e. The lowest BCUT2D eigenvalue weighted by Crippen LogP contribution is -2.35. The molecular formula is C12H15BrClN3O3S. The second-order valence-corrected chi connectivity index (χ2v) is 7.74. The summed E-state index contributed by atoms with van der Waals surface area (Å²) in [5.41, 5.74) is 5.91. The van der Waals surface area contributed by atoms with Crippen molar-refractivity contribution in [1.82, 2.24) is 10.0 Å². The van der Waals surface area contributed by atoms with Crippen LogP contribution in [0.25, 0.3) is 0 Å². The van der Waals surface area contributed by atoms with Crippen molar-refractivity contribution in [3.63, 3.8) is 0 Å². The first kappa shape index (κ1) is 16.5. The highest BCUT2D eigenvalue weighted by atomic mass is 79.9. The number of hydrogen-bond donors (Lipinski definition) is 3. The summed E-state index contributed by atoms with van der Waals surface area (Å²) in [5, 5.41) is 2.91. The number of nitrogens with one attached hydrogen (secondary N) is 2. The largest absolute Gasteiger partial charge is 0.398 e. The van der Waals surface area contributed by atoms with Gasteiger partial charge in [0.2, 0.25) is 15.9 Å². The van der Waals surface area contributed by atoms with Gasteiger partial charge in [-0.15, -0.1) is 0 Å². The van der Waals surface area contributed by atoms with Crippen LogP contribution in [-0.4, -0.2) is 27.4 Å². The lowest BCUT2D eigenvalue weighted by molar-refractivity contribution is -0.122. The lowest BCUT2D eigenvalue weighted by atomic mass is 10.3. The Morgan fingerprint density at radius 1 is 1.38 bits per heavy atom. The number of amides is 1. The summed E-state index contributed by atoms with van der Waals surface area (Å²) in [6.45, 7) is 0.335. The standard InChI is InChI=1S/C12H15BrClN3O3S/c13-11-9(15)5-8(14)6-10(11)21(19,20)17-4-3-16-12(18)7-1-2-7/h5-7,17H,1-4,15H2,(H,16,18). The Morgan fingerprint density at radius 2 is 2.05 bits per heavy atom. The maximum absolute atomic E-state index is 12.2. The number of nitrogen functional groups attached to an aromatic ring is 1. The second-order valence-electron chi connectivity index (χ2n) is 4.77. The quantitative estimate of drug-likeness (QED) is 0.501. The van der Waals surface area contributed by atoms with Gasteiger partial charge in [-0.1, -0.05) is 11.6 Å². The van der Waals surface area contributed by atoms with E-state index >= 15 is 0 Å². The molecule has 0 spiro atoms. The fourth-order valence-corrected chi connectivity index (χ4v) is 4.04. The lowest BCUT2D eigenvalue weighted by Gasteiger charge is -2.11. The molecule has 6 nitrogen and oxygen atoms in total. The number of sulfonamides is 1. The van der Waals surface area contributed by atoms with Crippen LogP contribution in [0.4, 0.5) is 5.69 Å². The predicted octanol–water partition coefficient (Wildman–Crippen LogP) is 1.49. The Hall–Kier alpha value is -0.830. The predicted molar refractivity (Wildman–Crippen MR) is 84.5 cm³/mol. The van der Waals surface area contributed by atoms with Crippen molar-refractivity contribution < 1.29 is 13.2 Å². The summed E-state index contributed by atoms with van der Waals surface area (Å²) in [5.74, 6) is 0.0749. The second kappa shape index (κ2) is 6.51. The number of carbonyl (C=O) groups is 1. The summed E-state index contributed by atoms with van der Waals surface area (Å²) in [4.78, 5) is 11.4. The average molecular weight is 397 g/mol. The molecule has 0 bridgehead atoms. The normalized spacial score (nSPS) is 15.0. The van der Waals surface area contributed by atoms with E-state index in [0.29, 0.717) is 0 Å². The smallest absolute Gasteiger partial charge is 0.241 e. The fourth-order valence-electron chi connectivity index (χ4n) is 1.72. The molecule has 1 aliphatic carbocycles. The van der Waals surface area contributed by atoms with Crippen LogP contribution in [0.5, 0.6) is 0 Å². The van der Waals surface area contributed by atoms with Gasteiger partial charge in [-0.25, -0.2) is 13.1 Å². The van der Waals surface area contributed by atoms with Crippen LogP contribution in [0.3, 0.4) is 0 Å². The van der Waals surface area contributed by atoms with E-state index in [-0.39, 0.29) is 45.0 Å². The minimum atomic E-state index is -3.75. The van der Waals surface area contributed by atoms with E-state index in [1.165, 1.54) is 12.1 Å². The van der Waals surface area contributed by atoms with Gasteiger partial charge in [0.05, 0.1) is 9.37 Å². The number of nitrogens with two attached hydrogens (primary N) is 1. The highest BCUT2D eigenvalue weighted by Gasteiger charge is 2.29. The molecule has 1 aliphatic rings. The highest BCUT2D eigenvalue weighted by Crippen LogP contribution is 2.31. The Labute approximate surface area is 136 Å². The van der Waals surface area contributed by atoms with Crippen molar-refractivity contribution in [2.75, 3.05) is 18.8 Å². The zero-order valence-corrected chi connectivity index (χ0v) is 14.2. The Balaban J connectivity index is 1.96. The van der Waals surface area contributed by atoms with Crippen molar-refractivity contribution in [3.05, 3.63) is 21.6 Å². The van der Waals surface area contributed by atoms with Gasteiger partial charge < -0.3 is 11.1 Å². The Bertz CT molecular complexity index is 662. The molecular weight excluding hydrogens is 382 g/mol. The summed E-state index contributed by atoms with van der Waals surface area (Å²) in [6.07, 6.45) is 1.82. The van der Waals surface area contributed by atoms with E-state index in [4.69, 9.17) is 17.3 Å². The SMILES string of the molecule is Nc1cc(Cl)cc(S(=O)(=O)NCCNC(=O)C2CC2)c1Br. The van der Waals surface area contributed by atoms with Crippen LogP contribution < -0.4 is 15.8 Å². The third-order valence-corrected chi connectivity index (χ3v) is 5.84. The summed E-state index contributed by atoms with van der Waals surface area (Å²) < 4.78 is 27.0. The first-order valence-electron chi connectivity index (χ1n) is 6.33. The van der Waals surface area contributed by atoms with Gasteiger partial charge >= 0.3 is 0 Å². The number of rotatable bonds is 6. The van der Waals surface area contributed by atoms with E-state index < -0.39 is 10.0 Å². The van der Waals surface area contributed by atoms with Crippen LogP contribution in [0.2, 0.25) is 5.02 Å². The van der Waals surface area contributed by atoms with E-state index in [9.17, 15) is 13.2 Å². The van der Waals surface area contributed by atoms with Gasteiger partial charge in [-0.05, 0) is 40.9 Å². The number of benzene rings is 1. The number of halogens is 2. The van der Waals surface area contributed by atoms with Crippen molar-refractivity contribution in [2.45, 2.75) is 17.7 Å². The summed E-state index contributed by atoms with van der Waals surface area (Å²) in [7, 11) is -3.75. The molecule has 1 aromatic rings. The molecule has 0 aromatic heterocycles. The molecule has 9 heteroatoms. The molecule has 0 unspecified atom stereocenters. The van der Waals surface area contributed by atoms with Crippen molar-refractivity contribution in [1.29, 1.82) is 0 Å². The van der Waals surface area contributed by atoms with Gasteiger partial charge in [0.15, 0.2) is 0 Å². The zero-order valence-electron chi connectivity index (χ0n) is 11.0. The topological polar surface area (TPSA) is 101 Å². The zero-order chi connectivity index (χ0) is 15.6. The molecule has 1 amide bonds. The summed E-state index contributed by atoms with van der Waals surface area (Å²) in [6, 6.07) is 2.77. The van der Waals surface area contributed by atoms with Crippen molar-refractivity contribution in [2.24, 2.45) is 5.92 Å². The first-order chi connectivity index (χ1) is 9.81. The molecule has 0 heterocycles. The van der Waals surface area contributed by atoms with E-state index in [1.807, 2.05) is 0 Å². The Kier molecular flexibility index (Phi) is 5.13. The molecule has 116 valence electrons. The Morgan fingerprint density at radius 3 is 2.67 bits per heavy atom. The third kappa shape index (κ3) is 4.32. The van der Waals surface area contributed by atoms with Crippen LogP contribution in [0.1, 0.15) is 12.8 Å². The maximum atomic E-state index is 12.2. The van der Waals surface area contributed by atoms with Crippen LogP contribution in [0, 0.1) is 5.92 Å². The van der Waals surface area contributed by atoms with Crippen molar-refractivity contribution >= 4 is 49.1 Å². The van der Waals surface area contributed by atoms with Crippen molar-refractivity contribution in [3.8, 4) is 0 Å². The van der Waals surface area contributed by atoms with Gasteiger partial charge in [0, 0.05) is 29.7 Å². The van der Waals surface area contributed by atoms with E-state index in [2.05, 4.69) is 26.0 Å². The fraction of sp³-hybridized carbons (Fsp3) is 0.417. The molecule has 4 N–H and O–H groups in total. The van der Waals surface area contributed by atoms with Gasteiger partial charge in [0.25, 0.3) is 0 Å². The molecule has 0 radical (unpaired) electrons. The van der Waals surface area contributed by atoms with Crippen LogP contribution in [-0.2, 0) is 14.8 Å². The highest BCUT2D eigenvalue weighted by molar-refractivity contribution is 9.10. The van der Waals surface area contributed by atoms with Gasteiger partial charge in [0.1, 0.15) is 0 Å². The van der Waals surface area contributed by atoms with Crippen LogP contribution in [0.15, 0.2) is 21.5 Å². The first-order valence-corrected chi connectivity index (χ1v) is 8.98. The number of anilines is 1. The van der Waals surface area contributed by atoms with Gasteiger partial charge in [-0.3, -0.25) is 4.79 Å². The molecule has 21 heavy (non-hydrogen) atoms. The number of carbonyl (C=O) groups excluding carboxylic acids is 1. The molecule has 1 aromatic carbocycles.